The largest absolute Gasteiger partial charge is 0.502 e. The Labute approximate surface area is 198 Å². The van der Waals surface area contributed by atoms with Crippen molar-refractivity contribution in [2.75, 3.05) is 0 Å². The SMILES string of the molecule is O=C(C(=O)C1(c2cc(CC(F)(F)F)cc([N+](=O)[O-])c2O)CC(C(F)(F)F)=CCC1=O)c1ccccc1. The van der Waals surface area contributed by atoms with Crippen LogP contribution in [0.25, 0.3) is 0 Å². The summed E-state index contributed by atoms with van der Waals surface area (Å²) < 4.78 is 80.1. The predicted molar refractivity (Wildman–Crippen MR) is 110 cm³/mol. The molecule has 36 heavy (non-hydrogen) atoms. The standard InChI is InChI=1S/C23H15F6NO6/c24-22(25,26)10-12-8-15(19(33)16(9-12)30(35)36)21(11-14(23(27,28)29)6-7-17(21)31)20(34)18(32)13-4-2-1-3-5-13/h1-6,8-9,33H,7,10-11H2. The fourth-order valence-electron chi connectivity index (χ4n) is 4.03. The second-order valence-corrected chi connectivity index (χ2v) is 8.02. The van der Waals surface area contributed by atoms with Gasteiger partial charge in [-0.3, -0.25) is 24.5 Å². The lowest BCUT2D eigenvalue weighted by Crippen LogP contribution is -2.50. The molecular weight excluding hydrogens is 500 g/mol. The average Bonchev–Trinajstić information content (AvgIpc) is 2.78. The molecule has 3 rings (SSSR count). The van der Waals surface area contributed by atoms with Crippen molar-refractivity contribution in [3.8, 4) is 5.75 Å². The molecule has 13 heteroatoms. The van der Waals surface area contributed by atoms with Gasteiger partial charge < -0.3 is 5.11 Å². The molecule has 2 aromatic carbocycles. The maximum absolute atomic E-state index is 13.6. The monoisotopic (exact) mass is 515 g/mol. The number of benzene rings is 2. The molecule has 0 heterocycles. The van der Waals surface area contributed by atoms with Gasteiger partial charge in [0.05, 0.1) is 11.3 Å². The van der Waals surface area contributed by atoms with E-state index in [1.807, 2.05) is 0 Å². The molecule has 0 saturated carbocycles. The molecule has 1 unspecified atom stereocenters. The number of hydrogen-bond donors (Lipinski definition) is 1. The van der Waals surface area contributed by atoms with Crippen molar-refractivity contribution in [1.82, 2.24) is 0 Å². The van der Waals surface area contributed by atoms with Crippen LogP contribution in [0.1, 0.15) is 34.3 Å². The maximum atomic E-state index is 13.6. The third-order valence-corrected chi connectivity index (χ3v) is 5.67. The molecule has 0 fully saturated rings. The number of alkyl halides is 6. The first-order chi connectivity index (χ1) is 16.6. The van der Waals surface area contributed by atoms with Crippen LogP contribution < -0.4 is 0 Å². The highest BCUT2D eigenvalue weighted by Crippen LogP contribution is 2.49. The van der Waals surface area contributed by atoms with Gasteiger partial charge >= 0.3 is 18.0 Å². The first-order valence-electron chi connectivity index (χ1n) is 10.1. The number of phenolic OH excluding ortho intramolecular Hbond substituents is 1. The van der Waals surface area contributed by atoms with E-state index in [1.165, 1.54) is 18.2 Å². The molecule has 1 atom stereocenters. The minimum absolute atomic E-state index is 0.331. The molecule has 7 nitrogen and oxygen atoms in total. The van der Waals surface area contributed by atoms with Crippen molar-refractivity contribution in [3.63, 3.8) is 0 Å². The summed E-state index contributed by atoms with van der Waals surface area (Å²) in [4.78, 5) is 49.7. The number of carbonyl (C=O) groups excluding carboxylic acids is 3. The Hall–Kier alpha value is -4.03. The van der Waals surface area contributed by atoms with Crippen LogP contribution in [0.2, 0.25) is 0 Å². The van der Waals surface area contributed by atoms with Gasteiger partial charge in [0.25, 0.3) is 0 Å². The minimum Gasteiger partial charge on any atom is -0.502 e. The number of halogens is 6. The van der Waals surface area contributed by atoms with E-state index >= 15 is 0 Å². The Morgan fingerprint density at radius 2 is 1.67 bits per heavy atom. The number of phenols is 1. The minimum atomic E-state index is -5.12. The molecule has 1 aliphatic rings. The normalized spacial score (nSPS) is 18.5. The van der Waals surface area contributed by atoms with Crippen LogP contribution >= 0.6 is 0 Å². The Kier molecular flexibility index (Phi) is 6.80. The molecule has 2 aromatic rings. The first-order valence-corrected chi connectivity index (χ1v) is 10.1. The Morgan fingerprint density at radius 3 is 2.19 bits per heavy atom. The molecule has 0 radical (unpaired) electrons. The first kappa shape index (κ1) is 26.6. The van der Waals surface area contributed by atoms with E-state index in [2.05, 4.69) is 0 Å². The van der Waals surface area contributed by atoms with E-state index < -0.39 is 87.4 Å². The summed E-state index contributed by atoms with van der Waals surface area (Å²) in [6, 6.07) is 7.03. The number of aromatic hydroxyl groups is 1. The topological polar surface area (TPSA) is 115 Å². The molecule has 0 aliphatic heterocycles. The van der Waals surface area contributed by atoms with Crippen LogP contribution in [0.15, 0.2) is 54.1 Å². The zero-order valence-electron chi connectivity index (χ0n) is 17.9. The molecule has 1 N–H and O–H groups in total. The van der Waals surface area contributed by atoms with Gasteiger partial charge in [-0.15, -0.1) is 0 Å². The molecule has 190 valence electrons. The molecule has 0 spiro atoms. The lowest BCUT2D eigenvalue weighted by molar-refractivity contribution is -0.386. The van der Waals surface area contributed by atoms with Crippen molar-refractivity contribution < 1.29 is 50.8 Å². The third kappa shape index (κ3) is 4.99. The summed E-state index contributed by atoms with van der Waals surface area (Å²) in [6.07, 6.45) is -14.1. The Morgan fingerprint density at radius 1 is 1.06 bits per heavy atom. The number of allylic oxidation sites excluding steroid dienone is 2. The lowest BCUT2D eigenvalue weighted by Gasteiger charge is -2.35. The predicted octanol–water partition coefficient (Wildman–Crippen LogP) is 4.95. The number of carbonyl (C=O) groups is 3. The quantitative estimate of drug-likeness (QED) is 0.111. The number of nitro benzene ring substituents is 1. The van der Waals surface area contributed by atoms with E-state index in [0.717, 1.165) is 12.1 Å². The van der Waals surface area contributed by atoms with Gasteiger partial charge in [0, 0.05) is 35.6 Å². The van der Waals surface area contributed by atoms with Gasteiger partial charge in [-0.05, 0) is 11.6 Å². The second kappa shape index (κ2) is 9.21. The summed E-state index contributed by atoms with van der Waals surface area (Å²) >= 11 is 0. The summed E-state index contributed by atoms with van der Waals surface area (Å²) in [5.74, 6) is -6.08. The number of ketones is 3. The van der Waals surface area contributed by atoms with Crippen LogP contribution in [-0.2, 0) is 21.4 Å². The van der Waals surface area contributed by atoms with Crippen molar-refractivity contribution in [2.24, 2.45) is 0 Å². The fourth-order valence-corrected chi connectivity index (χ4v) is 4.03. The smallest absolute Gasteiger partial charge is 0.412 e. The maximum Gasteiger partial charge on any atom is 0.412 e. The van der Waals surface area contributed by atoms with Gasteiger partial charge in [-0.2, -0.15) is 26.3 Å². The van der Waals surface area contributed by atoms with E-state index in [0.29, 0.717) is 18.2 Å². The average molecular weight is 515 g/mol. The molecule has 0 aromatic heterocycles. The van der Waals surface area contributed by atoms with Crippen LogP contribution in [0, 0.1) is 10.1 Å². The lowest BCUT2D eigenvalue weighted by atomic mass is 9.63. The van der Waals surface area contributed by atoms with Crippen LogP contribution in [0.3, 0.4) is 0 Å². The van der Waals surface area contributed by atoms with E-state index in [9.17, 15) is 55.9 Å². The van der Waals surface area contributed by atoms with Crippen molar-refractivity contribution in [3.05, 3.63) is 80.9 Å². The summed E-state index contributed by atoms with van der Waals surface area (Å²) in [5.41, 5.74) is -8.43. The number of rotatable bonds is 6. The van der Waals surface area contributed by atoms with Crippen LogP contribution in [0.4, 0.5) is 32.0 Å². The van der Waals surface area contributed by atoms with Crippen molar-refractivity contribution in [2.45, 2.75) is 37.0 Å². The van der Waals surface area contributed by atoms with Gasteiger partial charge in [0.1, 0.15) is 5.41 Å². The van der Waals surface area contributed by atoms with E-state index in [-0.39, 0.29) is 5.56 Å². The van der Waals surface area contributed by atoms with Gasteiger partial charge in [0.15, 0.2) is 11.5 Å². The van der Waals surface area contributed by atoms with Crippen LogP contribution in [0.5, 0.6) is 5.75 Å². The molecule has 0 saturated heterocycles. The van der Waals surface area contributed by atoms with E-state index in [4.69, 9.17) is 0 Å². The van der Waals surface area contributed by atoms with Gasteiger partial charge in [-0.25, -0.2) is 0 Å². The highest BCUT2D eigenvalue weighted by molar-refractivity contribution is 6.50. The Balaban J connectivity index is 2.36. The highest BCUT2D eigenvalue weighted by Gasteiger charge is 2.56. The highest BCUT2D eigenvalue weighted by atomic mass is 19.4. The summed E-state index contributed by atoms with van der Waals surface area (Å²) in [5, 5.41) is 22.0. The van der Waals surface area contributed by atoms with Gasteiger partial charge in [-0.1, -0.05) is 36.4 Å². The zero-order chi connectivity index (χ0) is 27.1. The molecular formula is C23H15F6NO6. The summed E-state index contributed by atoms with van der Waals surface area (Å²) in [7, 11) is 0. The van der Waals surface area contributed by atoms with Crippen molar-refractivity contribution >= 4 is 23.0 Å². The molecule has 0 amide bonds. The number of nitrogens with zero attached hydrogens (tertiary/aromatic N) is 1. The molecule has 1 aliphatic carbocycles. The Bertz CT molecular complexity index is 1280. The summed E-state index contributed by atoms with van der Waals surface area (Å²) in [6.45, 7) is 0. The fraction of sp³-hybridized carbons (Fsp3) is 0.261. The number of hydrogen-bond acceptors (Lipinski definition) is 6. The van der Waals surface area contributed by atoms with Crippen LogP contribution in [-0.4, -0.2) is 39.7 Å². The third-order valence-electron chi connectivity index (χ3n) is 5.67. The number of nitro groups is 1. The molecule has 0 bridgehead atoms. The number of Topliss-reactive ketones (excluding diaryl/α,β-unsaturated/α-hetero) is 3. The van der Waals surface area contributed by atoms with Gasteiger partial charge in [0.2, 0.25) is 11.6 Å². The van der Waals surface area contributed by atoms with E-state index in [1.54, 1.807) is 0 Å². The second-order valence-electron chi connectivity index (χ2n) is 8.02. The van der Waals surface area contributed by atoms with Crippen molar-refractivity contribution in [1.29, 1.82) is 0 Å². The zero-order valence-corrected chi connectivity index (χ0v) is 17.9.